The Morgan fingerprint density at radius 2 is 2.00 bits per heavy atom. The molecule has 1 aromatic heterocycles. The van der Waals surface area contributed by atoms with E-state index in [0.717, 1.165) is 10.4 Å². The predicted octanol–water partition coefficient (Wildman–Crippen LogP) is 1.71. The van der Waals surface area contributed by atoms with Gasteiger partial charge in [-0.05, 0) is 24.6 Å². The van der Waals surface area contributed by atoms with Gasteiger partial charge in [-0.15, -0.1) is 11.3 Å². The summed E-state index contributed by atoms with van der Waals surface area (Å²) < 4.78 is 26.5. The van der Waals surface area contributed by atoms with Crippen molar-refractivity contribution in [3.8, 4) is 0 Å². The van der Waals surface area contributed by atoms with E-state index < -0.39 is 10.0 Å². The van der Waals surface area contributed by atoms with Gasteiger partial charge < -0.3 is 5.73 Å². The van der Waals surface area contributed by atoms with Crippen molar-refractivity contribution < 1.29 is 8.42 Å². The molecule has 5 nitrogen and oxygen atoms in total. The van der Waals surface area contributed by atoms with Crippen molar-refractivity contribution in [2.24, 2.45) is 5.73 Å². The van der Waals surface area contributed by atoms with Crippen molar-refractivity contribution >= 4 is 26.5 Å². The van der Waals surface area contributed by atoms with Crippen LogP contribution in [0.2, 0.25) is 0 Å². The maximum atomic E-state index is 12.0. The molecular weight excluding hydrogens is 270 g/mol. The van der Waals surface area contributed by atoms with Gasteiger partial charge in [-0.1, -0.05) is 12.1 Å². The summed E-state index contributed by atoms with van der Waals surface area (Å²) in [5.41, 5.74) is 6.35. The van der Waals surface area contributed by atoms with Crippen LogP contribution in [-0.2, 0) is 16.6 Å². The number of nitrogens with one attached hydrogen (secondary N) is 1. The van der Waals surface area contributed by atoms with Crippen molar-refractivity contribution in [1.29, 1.82) is 0 Å². The molecule has 2 aromatic rings. The zero-order valence-corrected chi connectivity index (χ0v) is 11.4. The minimum absolute atomic E-state index is 0.201. The summed E-state index contributed by atoms with van der Waals surface area (Å²) in [5.74, 6) is 0. The van der Waals surface area contributed by atoms with E-state index >= 15 is 0 Å². The number of aromatic nitrogens is 1. The molecule has 0 radical (unpaired) electrons. The molecule has 96 valence electrons. The number of aryl methyl sites for hydroxylation is 1. The van der Waals surface area contributed by atoms with Crippen molar-refractivity contribution in [2.45, 2.75) is 18.4 Å². The number of sulfonamides is 1. The molecular formula is C11H13N3O2S2. The highest BCUT2D eigenvalue weighted by Crippen LogP contribution is 2.21. The Morgan fingerprint density at radius 3 is 2.50 bits per heavy atom. The maximum absolute atomic E-state index is 12.0. The Hall–Kier alpha value is -1.44. The molecule has 0 amide bonds. The molecule has 0 saturated heterocycles. The van der Waals surface area contributed by atoms with Gasteiger partial charge in [0.05, 0.1) is 4.90 Å². The average Bonchev–Trinajstić information content (AvgIpc) is 2.74. The third-order valence-electron chi connectivity index (χ3n) is 2.31. The molecule has 18 heavy (non-hydrogen) atoms. The SMILES string of the molecule is Cc1cnc(NS(=O)(=O)c2ccc(CN)cc2)s1. The van der Waals surface area contributed by atoms with Crippen LogP contribution in [0.3, 0.4) is 0 Å². The molecule has 0 atom stereocenters. The van der Waals surface area contributed by atoms with Gasteiger partial charge >= 0.3 is 0 Å². The molecule has 0 aliphatic heterocycles. The van der Waals surface area contributed by atoms with E-state index in [2.05, 4.69) is 9.71 Å². The highest BCUT2D eigenvalue weighted by molar-refractivity contribution is 7.93. The number of nitrogens with two attached hydrogens (primary N) is 1. The lowest BCUT2D eigenvalue weighted by Crippen LogP contribution is -2.12. The van der Waals surface area contributed by atoms with Crippen LogP contribution < -0.4 is 10.5 Å². The first-order valence-corrected chi connectivity index (χ1v) is 7.55. The minimum Gasteiger partial charge on any atom is -0.326 e. The minimum atomic E-state index is -3.57. The highest BCUT2D eigenvalue weighted by atomic mass is 32.2. The van der Waals surface area contributed by atoms with Crippen LogP contribution in [0.1, 0.15) is 10.4 Å². The zero-order chi connectivity index (χ0) is 13.2. The number of nitrogens with zero attached hydrogens (tertiary/aromatic N) is 1. The molecule has 2 rings (SSSR count). The second kappa shape index (κ2) is 5.05. The van der Waals surface area contributed by atoms with E-state index in [1.807, 2.05) is 6.92 Å². The lowest BCUT2D eigenvalue weighted by molar-refractivity contribution is 0.601. The fraction of sp³-hybridized carbons (Fsp3) is 0.182. The third-order valence-corrected chi connectivity index (χ3v) is 4.62. The summed E-state index contributed by atoms with van der Waals surface area (Å²) in [4.78, 5) is 5.12. The monoisotopic (exact) mass is 283 g/mol. The fourth-order valence-corrected chi connectivity index (χ4v) is 3.29. The van der Waals surface area contributed by atoms with Crippen molar-refractivity contribution in [3.63, 3.8) is 0 Å². The number of rotatable bonds is 4. The van der Waals surface area contributed by atoms with Gasteiger partial charge in [-0.2, -0.15) is 0 Å². The number of thiazole rings is 1. The van der Waals surface area contributed by atoms with E-state index in [1.54, 1.807) is 18.3 Å². The van der Waals surface area contributed by atoms with E-state index in [9.17, 15) is 8.42 Å². The molecule has 1 aromatic carbocycles. The molecule has 0 aliphatic carbocycles. The van der Waals surface area contributed by atoms with Crippen LogP contribution in [0, 0.1) is 6.92 Å². The maximum Gasteiger partial charge on any atom is 0.263 e. The van der Waals surface area contributed by atoms with Crippen LogP contribution in [-0.4, -0.2) is 13.4 Å². The lowest BCUT2D eigenvalue weighted by Gasteiger charge is -2.05. The standard InChI is InChI=1S/C11H13N3O2S2/c1-8-7-13-11(17-8)14-18(15,16)10-4-2-9(6-12)3-5-10/h2-5,7H,6,12H2,1H3,(H,13,14). The van der Waals surface area contributed by atoms with E-state index in [0.29, 0.717) is 11.7 Å². The zero-order valence-electron chi connectivity index (χ0n) is 9.75. The Labute approximate surface area is 110 Å². The molecule has 0 saturated carbocycles. The number of benzene rings is 1. The summed E-state index contributed by atoms with van der Waals surface area (Å²) in [5, 5.41) is 0.371. The summed E-state index contributed by atoms with van der Waals surface area (Å²) in [6, 6.07) is 6.46. The summed E-state index contributed by atoms with van der Waals surface area (Å²) in [6.45, 7) is 2.25. The van der Waals surface area contributed by atoms with E-state index in [-0.39, 0.29) is 4.90 Å². The first kappa shape index (κ1) is 13.0. The first-order valence-electron chi connectivity index (χ1n) is 5.25. The summed E-state index contributed by atoms with van der Waals surface area (Å²) >= 11 is 1.30. The van der Waals surface area contributed by atoms with Gasteiger partial charge in [0, 0.05) is 17.6 Å². The fourth-order valence-electron chi connectivity index (χ4n) is 1.38. The lowest BCUT2D eigenvalue weighted by atomic mass is 10.2. The highest BCUT2D eigenvalue weighted by Gasteiger charge is 2.15. The molecule has 0 spiro atoms. The molecule has 0 bridgehead atoms. The van der Waals surface area contributed by atoms with Crippen molar-refractivity contribution in [3.05, 3.63) is 40.9 Å². The Bertz CT molecular complexity index is 633. The first-order chi connectivity index (χ1) is 8.51. The largest absolute Gasteiger partial charge is 0.326 e. The number of hydrogen-bond acceptors (Lipinski definition) is 5. The number of anilines is 1. The van der Waals surface area contributed by atoms with Crippen LogP contribution >= 0.6 is 11.3 Å². The topological polar surface area (TPSA) is 85.1 Å². The molecule has 7 heteroatoms. The second-order valence-corrected chi connectivity index (χ2v) is 6.65. The normalized spacial score (nSPS) is 11.4. The molecule has 0 fully saturated rings. The van der Waals surface area contributed by atoms with Gasteiger partial charge in [0.2, 0.25) is 0 Å². The predicted molar refractivity (Wildman–Crippen MR) is 72.0 cm³/mol. The average molecular weight is 283 g/mol. The Morgan fingerprint density at radius 1 is 1.33 bits per heavy atom. The second-order valence-electron chi connectivity index (χ2n) is 3.73. The van der Waals surface area contributed by atoms with Gasteiger partial charge in [0.1, 0.15) is 0 Å². The molecule has 1 heterocycles. The van der Waals surface area contributed by atoms with Crippen molar-refractivity contribution in [1.82, 2.24) is 4.98 Å². The molecule has 0 unspecified atom stereocenters. The van der Waals surface area contributed by atoms with Gasteiger partial charge in [0.15, 0.2) is 5.13 Å². The number of hydrogen-bond donors (Lipinski definition) is 2. The molecule has 3 N–H and O–H groups in total. The van der Waals surface area contributed by atoms with Crippen LogP contribution in [0.5, 0.6) is 0 Å². The van der Waals surface area contributed by atoms with Gasteiger partial charge in [-0.3, -0.25) is 4.72 Å². The van der Waals surface area contributed by atoms with Gasteiger partial charge in [-0.25, -0.2) is 13.4 Å². The van der Waals surface area contributed by atoms with E-state index in [1.165, 1.54) is 23.5 Å². The van der Waals surface area contributed by atoms with Crippen molar-refractivity contribution in [2.75, 3.05) is 4.72 Å². The van der Waals surface area contributed by atoms with Crippen LogP contribution in [0.15, 0.2) is 35.4 Å². The summed E-state index contributed by atoms with van der Waals surface area (Å²) in [6.07, 6.45) is 1.63. The van der Waals surface area contributed by atoms with Crippen LogP contribution in [0.25, 0.3) is 0 Å². The Balaban J connectivity index is 2.24. The molecule has 0 aliphatic rings. The smallest absolute Gasteiger partial charge is 0.263 e. The van der Waals surface area contributed by atoms with Crippen LogP contribution in [0.4, 0.5) is 5.13 Å². The van der Waals surface area contributed by atoms with Gasteiger partial charge in [0.25, 0.3) is 10.0 Å². The van der Waals surface area contributed by atoms with E-state index in [4.69, 9.17) is 5.73 Å². The third kappa shape index (κ3) is 2.87. The summed E-state index contributed by atoms with van der Waals surface area (Å²) in [7, 11) is -3.57. The Kier molecular flexibility index (Phi) is 3.65. The quantitative estimate of drug-likeness (QED) is 0.894.